The summed E-state index contributed by atoms with van der Waals surface area (Å²) in [5, 5.41) is 10.3. The lowest BCUT2D eigenvalue weighted by Crippen LogP contribution is -2.27. The zero-order valence-corrected chi connectivity index (χ0v) is 13.6. The van der Waals surface area contributed by atoms with Gasteiger partial charge in [0.25, 0.3) is 0 Å². The van der Waals surface area contributed by atoms with Crippen molar-refractivity contribution in [3.05, 3.63) is 54.5 Å². The maximum atomic E-state index is 13.6. The number of nitrogens with zero attached hydrogens (tertiary/aromatic N) is 1. The molecule has 1 N–H and O–H groups in total. The fraction of sp³-hybridized carbons (Fsp3) is 0.400. The third-order valence-corrected chi connectivity index (χ3v) is 5.26. The molecule has 4 heteroatoms. The highest BCUT2D eigenvalue weighted by molar-refractivity contribution is 5.82. The van der Waals surface area contributed by atoms with Crippen molar-refractivity contribution in [1.82, 2.24) is 4.98 Å². The van der Waals surface area contributed by atoms with E-state index in [1.54, 1.807) is 24.4 Å². The molecule has 1 saturated carbocycles. The number of carbonyl (C=O) groups is 1. The van der Waals surface area contributed by atoms with E-state index >= 15 is 0 Å². The van der Waals surface area contributed by atoms with Gasteiger partial charge in [-0.3, -0.25) is 9.78 Å². The van der Waals surface area contributed by atoms with Crippen LogP contribution < -0.4 is 0 Å². The number of allylic oxidation sites excluding steroid dienone is 1. The van der Waals surface area contributed by atoms with E-state index < -0.39 is 5.97 Å². The van der Waals surface area contributed by atoms with Crippen molar-refractivity contribution in [3.63, 3.8) is 0 Å². The van der Waals surface area contributed by atoms with Gasteiger partial charge in [0, 0.05) is 11.6 Å². The number of fused-ring (bicyclic) bond motifs is 1. The van der Waals surface area contributed by atoms with Crippen molar-refractivity contribution in [2.45, 2.75) is 38.0 Å². The number of aliphatic carboxylic acids is 1. The molecule has 0 bridgehead atoms. The van der Waals surface area contributed by atoms with Crippen LogP contribution in [0.4, 0.5) is 4.39 Å². The van der Waals surface area contributed by atoms with Crippen LogP contribution in [-0.2, 0) is 4.79 Å². The fourth-order valence-electron chi connectivity index (χ4n) is 4.00. The van der Waals surface area contributed by atoms with Crippen LogP contribution in [0.1, 0.15) is 43.6 Å². The third-order valence-electron chi connectivity index (χ3n) is 5.26. The zero-order chi connectivity index (χ0) is 17.1. The summed E-state index contributed by atoms with van der Waals surface area (Å²) in [5.41, 5.74) is 1.94. The number of benzene rings is 1. The monoisotopic (exact) mass is 327 g/mol. The van der Waals surface area contributed by atoms with Gasteiger partial charge in [-0.15, -0.1) is 6.58 Å². The summed E-state index contributed by atoms with van der Waals surface area (Å²) >= 11 is 0. The minimum Gasteiger partial charge on any atom is -0.481 e. The summed E-state index contributed by atoms with van der Waals surface area (Å²) in [6.07, 6.45) is 7.63. The molecule has 126 valence electrons. The molecule has 0 spiro atoms. The molecule has 1 aliphatic carbocycles. The van der Waals surface area contributed by atoms with Gasteiger partial charge in [-0.25, -0.2) is 4.39 Å². The van der Waals surface area contributed by atoms with E-state index in [0.29, 0.717) is 12.3 Å². The van der Waals surface area contributed by atoms with Crippen LogP contribution in [0.5, 0.6) is 0 Å². The van der Waals surface area contributed by atoms with Crippen molar-refractivity contribution in [2.75, 3.05) is 0 Å². The fourth-order valence-corrected chi connectivity index (χ4v) is 4.00. The largest absolute Gasteiger partial charge is 0.481 e. The van der Waals surface area contributed by atoms with E-state index in [9.17, 15) is 14.3 Å². The molecule has 0 amide bonds. The molecule has 0 radical (unpaired) electrons. The van der Waals surface area contributed by atoms with Gasteiger partial charge in [0.15, 0.2) is 0 Å². The van der Waals surface area contributed by atoms with Gasteiger partial charge in [-0.1, -0.05) is 6.08 Å². The van der Waals surface area contributed by atoms with Crippen LogP contribution >= 0.6 is 0 Å². The molecule has 1 fully saturated rings. The van der Waals surface area contributed by atoms with Crippen molar-refractivity contribution in [1.29, 1.82) is 0 Å². The average molecular weight is 327 g/mol. The molecule has 1 aliphatic rings. The van der Waals surface area contributed by atoms with Gasteiger partial charge < -0.3 is 5.11 Å². The predicted molar refractivity (Wildman–Crippen MR) is 92.3 cm³/mol. The molecule has 1 atom stereocenters. The summed E-state index contributed by atoms with van der Waals surface area (Å²) in [5.74, 6) is -0.777. The predicted octanol–water partition coefficient (Wildman–Crippen LogP) is 4.92. The van der Waals surface area contributed by atoms with Crippen LogP contribution in [0.25, 0.3) is 10.9 Å². The Bertz CT molecular complexity index is 750. The van der Waals surface area contributed by atoms with Crippen LogP contribution in [0.3, 0.4) is 0 Å². The number of halogens is 1. The minimum absolute atomic E-state index is 0.196. The lowest BCUT2D eigenvalue weighted by atomic mass is 9.72. The summed E-state index contributed by atoms with van der Waals surface area (Å²) in [4.78, 5) is 15.8. The van der Waals surface area contributed by atoms with Crippen molar-refractivity contribution >= 4 is 16.9 Å². The molecular weight excluding hydrogens is 305 g/mol. The number of pyridine rings is 1. The molecule has 1 heterocycles. The molecule has 3 nitrogen and oxygen atoms in total. The zero-order valence-electron chi connectivity index (χ0n) is 13.6. The van der Waals surface area contributed by atoms with Gasteiger partial charge >= 0.3 is 5.97 Å². The Morgan fingerprint density at radius 2 is 2.08 bits per heavy atom. The second-order valence-corrected chi connectivity index (χ2v) is 6.64. The second kappa shape index (κ2) is 7.12. The Kier molecular flexibility index (Phi) is 4.93. The first kappa shape index (κ1) is 16.6. The van der Waals surface area contributed by atoms with Crippen molar-refractivity contribution in [2.24, 2.45) is 11.8 Å². The lowest BCUT2D eigenvalue weighted by Gasteiger charge is -2.32. The van der Waals surface area contributed by atoms with Crippen LogP contribution in [0.2, 0.25) is 0 Å². The normalized spacial score (nSPS) is 22.2. The van der Waals surface area contributed by atoms with E-state index in [1.165, 1.54) is 6.07 Å². The molecular formula is C20H22FNO2. The van der Waals surface area contributed by atoms with Crippen molar-refractivity contribution < 1.29 is 14.3 Å². The topological polar surface area (TPSA) is 50.2 Å². The van der Waals surface area contributed by atoms with Gasteiger partial charge in [0.05, 0.1) is 11.4 Å². The molecule has 2 aromatic rings. The van der Waals surface area contributed by atoms with E-state index in [-0.39, 0.29) is 17.7 Å². The standard InChI is InChI=1S/C20H22FNO2/c1-2-3-17(20(23)24)14-6-4-13(5-7-14)16-10-11-22-19-9-8-15(21)12-18(16)19/h2,8-14,17H,1,3-7H2,(H,23,24)/t13-,14+,17-/m1/s1. The third kappa shape index (κ3) is 3.32. The van der Waals surface area contributed by atoms with Crippen molar-refractivity contribution in [3.8, 4) is 0 Å². The van der Waals surface area contributed by atoms with E-state index in [1.807, 2.05) is 6.07 Å². The first-order valence-corrected chi connectivity index (χ1v) is 8.48. The first-order valence-electron chi connectivity index (χ1n) is 8.48. The summed E-state index contributed by atoms with van der Waals surface area (Å²) in [6.45, 7) is 3.68. The Morgan fingerprint density at radius 1 is 1.33 bits per heavy atom. The van der Waals surface area contributed by atoms with Gasteiger partial charge in [-0.05, 0) is 73.8 Å². The highest BCUT2D eigenvalue weighted by atomic mass is 19.1. The molecule has 24 heavy (non-hydrogen) atoms. The maximum Gasteiger partial charge on any atom is 0.307 e. The molecule has 0 saturated heterocycles. The van der Waals surface area contributed by atoms with Gasteiger partial charge in [0.2, 0.25) is 0 Å². The molecule has 1 aromatic carbocycles. The summed E-state index contributed by atoms with van der Waals surface area (Å²) in [7, 11) is 0. The summed E-state index contributed by atoms with van der Waals surface area (Å²) in [6, 6.07) is 6.68. The molecule has 0 aliphatic heterocycles. The van der Waals surface area contributed by atoms with Gasteiger partial charge in [-0.2, -0.15) is 0 Å². The maximum absolute atomic E-state index is 13.6. The molecule has 3 rings (SSSR count). The number of aromatic nitrogens is 1. The number of carboxylic acid groups (broad SMARTS) is 1. The van der Waals surface area contributed by atoms with Crippen LogP contribution in [0.15, 0.2) is 43.1 Å². The number of carboxylic acids is 1. The first-order chi connectivity index (χ1) is 11.6. The lowest BCUT2D eigenvalue weighted by molar-refractivity contribution is -0.144. The van der Waals surface area contributed by atoms with E-state index in [4.69, 9.17) is 0 Å². The Morgan fingerprint density at radius 3 is 2.75 bits per heavy atom. The highest BCUT2D eigenvalue weighted by Gasteiger charge is 2.32. The van der Waals surface area contributed by atoms with E-state index in [2.05, 4.69) is 11.6 Å². The Labute approximate surface area is 141 Å². The smallest absolute Gasteiger partial charge is 0.307 e. The van der Waals surface area contributed by atoms with Crippen LogP contribution in [0, 0.1) is 17.7 Å². The SMILES string of the molecule is C=CC[C@@H](C(=O)O)[C@H]1CC[C@@H](c2ccnc3ccc(F)cc32)CC1. The quantitative estimate of drug-likeness (QED) is 0.793. The van der Waals surface area contributed by atoms with E-state index in [0.717, 1.165) is 42.1 Å². The van der Waals surface area contributed by atoms with Crippen LogP contribution in [-0.4, -0.2) is 16.1 Å². The minimum atomic E-state index is -0.727. The van der Waals surface area contributed by atoms with Gasteiger partial charge in [0.1, 0.15) is 5.82 Å². The number of rotatable bonds is 5. The second-order valence-electron chi connectivity index (χ2n) is 6.64. The average Bonchev–Trinajstić information content (AvgIpc) is 2.59. The molecule has 0 unspecified atom stereocenters. The Balaban J connectivity index is 1.79. The Hall–Kier alpha value is -2.23. The number of hydrogen-bond acceptors (Lipinski definition) is 2. The number of hydrogen-bond donors (Lipinski definition) is 1. The highest BCUT2D eigenvalue weighted by Crippen LogP contribution is 2.41. The summed E-state index contributed by atoms with van der Waals surface area (Å²) < 4.78 is 13.6. The molecule has 1 aromatic heterocycles.